The molecule has 0 fully saturated rings. The van der Waals surface area contributed by atoms with Crippen molar-refractivity contribution in [2.45, 2.75) is 30.3 Å². The molecule has 122 valence electrons. The number of ether oxygens (including phenoxy) is 1. The summed E-state index contributed by atoms with van der Waals surface area (Å²) in [6.07, 6.45) is 0. The number of hydrogen-bond donors (Lipinski definition) is 1. The van der Waals surface area contributed by atoms with E-state index in [2.05, 4.69) is 15.6 Å². The average molecular weight is 373 g/mol. The minimum Gasteiger partial charge on any atom is -0.465 e. The van der Waals surface area contributed by atoms with E-state index in [0.29, 0.717) is 27.6 Å². The molecule has 1 aliphatic heterocycles. The molecule has 2 heterocycles. The quantitative estimate of drug-likeness (QED) is 0.834. The molecule has 1 N–H and O–H groups in total. The Balaban J connectivity index is 2.03. The summed E-state index contributed by atoms with van der Waals surface area (Å²) in [6, 6.07) is 4.82. The number of nitrogens with zero attached hydrogens (tertiary/aromatic N) is 3. The third-order valence-electron chi connectivity index (χ3n) is 3.41. The monoisotopic (exact) mass is 372 g/mol. The number of rotatable bonds is 3. The van der Waals surface area contributed by atoms with E-state index in [0.717, 1.165) is 5.56 Å². The molecule has 0 bridgehead atoms. The first-order valence-corrected chi connectivity index (χ1v) is 8.61. The average Bonchev–Trinajstić information content (AvgIpc) is 2.87. The summed E-state index contributed by atoms with van der Waals surface area (Å²) in [5.74, 6) is 0.373. The number of nitrogens with one attached hydrogen (secondary N) is 1. The smallest absolute Gasteiger partial charge is 0.322 e. The van der Waals surface area contributed by atoms with Gasteiger partial charge in [-0.1, -0.05) is 41.0 Å². The van der Waals surface area contributed by atoms with Crippen molar-refractivity contribution in [1.29, 1.82) is 0 Å². The van der Waals surface area contributed by atoms with Gasteiger partial charge in [0, 0.05) is 10.0 Å². The van der Waals surface area contributed by atoms with Crippen molar-refractivity contribution in [2.75, 3.05) is 12.0 Å². The van der Waals surface area contributed by atoms with Crippen LogP contribution in [0.4, 0.5) is 0 Å². The molecule has 2 atom stereocenters. The molecule has 1 aromatic carbocycles. The molecule has 0 saturated heterocycles. The van der Waals surface area contributed by atoms with E-state index in [-0.39, 0.29) is 12.0 Å². The van der Waals surface area contributed by atoms with Crippen molar-refractivity contribution < 1.29 is 9.53 Å². The number of aryl methyl sites for hydroxylation is 1. The van der Waals surface area contributed by atoms with Gasteiger partial charge in [0.15, 0.2) is 0 Å². The summed E-state index contributed by atoms with van der Waals surface area (Å²) < 4.78 is 6.94. The van der Waals surface area contributed by atoms with Crippen molar-refractivity contribution in [1.82, 2.24) is 14.9 Å². The van der Waals surface area contributed by atoms with Gasteiger partial charge in [0.1, 0.15) is 11.1 Å². The van der Waals surface area contributed by atoms with Gasteiger partial charge in [0.25, 0.3) is 0 Å². The normalized spacial score (nSPS) is 19.8. The first-order valence-electron chi connectivity index (χ1n) is 6.98. The summed E-state index contributed by atoms with van der Waals surface area (Å²) in [6.45, 7) is 3.91. The molecule has 1 aliphatic rings. The zero-order valence-electron chi connectivity index (χ0n) is 12.4. The van der Waals surface area contributed by atoms with E-state index in [4.69, 9.17) is 27.9 Å². The molecule has 0 aliphatic carbocycles. The topological polar surface area (TPSA) is 69.0 Å². The molecular formula is C14H14Cl2N4O2S. The Hall–Kier alpha value is -1.44. The van der Waals surface area contributed by atoms with E-state index >= 15 is 0 Å². The van der Waals surface area contributed by atoms with Crippen LogP contribution in [0.1, 0.15) is 24.4 Å². The Morgan fingerprint density at radius 2 is 2.22 bits per heavy atom. The summed E-state index contributed by atoms with van der Waals surface area (Å²) >= 11 is 13.6. The Kier molecular flexibility index (Phi) is 4.70. The molecule has 3 rings (SSSR count). The van der Waals surface area contributed by atoms with Crippen molar-refractivity contribution in [2.24, 2.45) is 0 Å². The van der Waals surface area contributed by atoms with Crippen LogP contribution < -0.4 is 5.43 Å². The largest absolute Gasteiger partial charge is 0.465 e. The number of benzene rings is 1. The van der Waals surface area contributed by atoms with Gasteiger partial charge in [-0.15, -0.1) is 10.2 Å². The Labute approximate surface area is 147 Å². The molecule has 0 spiro atoms. The van der Waals surface area contributed by atoms with Gasteiger partial charge in [0.2, 0.25) is 5.16 Å². The standard InChI is InChI=1S/C14H14Cl2N4O2S/c1-3-22-13(21)12-11(9-5-4-8(15)6-10(9)16)19-20-7(2)17-18-14(20)23-12/h4-6,11-12,19H,3H2,1-2H3. The Morgan fingerprint density at radius 1 is 1.43 bits per heavy atom. The summed E-state index contributed by atoms with van der Waals surface area (Å²) in [5, 5.41) is 9.20. The summed E-state index contributed by atoms with van der Waals surface area (Å²) in [4.78, 5) is 12.4. The van der Waals surface area contributed by atoms with E-state index in [9.17, 15) is 4.79 Å². The van der Waals surface area contributed by atoms with Gasteiger partial charge in [0.05, 0.1) is 12.6 Å². The first kappa shape index (κ1) is 16.4. The number of aromatic nitrogens is 3. The second kappa shape index (κ2) is 6.59. The lowest BCUT2D eigenvalue weighted by atomic mass is 10.0. The molecule has 1 aromatic heterocycles. The maximum absolute atomic E-state index is 12.4. The number of thioether (sulfide) groups is 1. The highest BCUT2D eigenvalue weighted by atomic mass is 35.5. The zero-order valence-corrected chi connectivity index (χ0v) is 14.7. The molecule has 6 nitrogen and oxygen atoms in total. The van der Waals surface area contributed by atoms with Gasteiger partial charge in [-0.05, 0) is 31.5 Å². The second-order valence-electron chi connectivity index (χ2n) is 4.93. The van der Waals surface area contributed by atoms with Gasteiger partial charge < -0.3 is 10.2 Å². The lowest BCUT2D eigenvalue weighted by Crippen LogP contribution is -2.40. The van der Waals surface area contributed by atoms with Gasteiger partial charge in [-0.25, -0.2) is 4.68 Å². The molecule has 0 saturated carbocycles. The molecule has 2 aromatic rings. The van der Waals surface area contributed by atoms with Crippen molar-refractivity contribution in [3.63, 3.8) is 0 Å². The number of esters is 1. The van der Waals surface area contributed by atoms with Crippen LogP contribution in [0.15, 0.2) is 23.4 Å². The summed E-state index contributed by atoms with van der Waals surface area (Å²) in [7, 11) is 0. The van der Waals surface area contributed by atoms with E-state index in [1.165, 1.54) is 11.8 Å². The van der Waals surface area contributed by atoms with Crippen LogP contribution in [0.5, 0.6) is 0 Å². The SMILES string of the molecule is CCOC(=O)C1Sc2nnc(C)n2NC1c1ccc(Cl)cc1Cl. The minimum atomic E-state index is -0.523. The maximum atomic E-state index is 12.4. The van der Waals surface area contributed by atoms with E-state index in [1.54, 1.807) is 29.8 Å². The lowest BCUT2D eigenvalue weighted by molar-refractivity contribution is -0.142. The van der Waals surface area contributed by atoms with Crippen molar-refractivity contribution in [3.8, 4) is 0 Å². The minimum absolute atomic E-state index is 0.308. The number of carbonyl (C=O) groups is 1. The number of hydrogen-bond acceptors (Lipinski definition) is 6. The molecular weight excluding hydrogens is 359 g/mol. The first-order chi connectivity index (χ1) is 11.0. The fraction of sp³-hybridized carbons (Fsp3) is 0.357. The van der Waals surface area contributed by atoms with Crippen LogP contribution in [0.2, 0.25) is 10.0 Å². The Morgan fingerprint density at radius 3 is 2.91 bits per heavy atom. The highest BCUT2D eigenvalue weighted by molar-refractivity contribution is 8.00. The highest BCUT2D eigenvalue weighted by Crippen LogP contribution is 2.40. The molecule has 9 heteroatoms. The molecule has 0 amide bonds. The van der Waals surface area contributed by atoms with Gasteiger partial charge >= 0.3 is 5.97 Å². The fourth-order valence-electron chi connectivity index (χ4n) is 2.35. The van der Waals surface area contributed by atoms with Crippen LogP contribution in [0.3, 0.4) is 0 Å². The van der Waals surface area contributed by atoms with Crippen LogP contribution >= 0.6 is 35.0 Å². The highest BCUT2D eigenvalue weighted by Gasteiger charge is 2.39. The van der Waals surface area contributed by atoms with Crippen LogP contribution in [-0.4, -0.2) is 32.7 Å². The van der Waals surface area contributed by atoms with Crippen molar-refractivity contribution >= 4 is 40.9 Å². The van der Waals surface area contributed by atoms with Crippen LogP contribution in [-0.2, 0) is 9.53 Å². The predicted octanol–water partition coefficient (Wildman–Crippen LogP) is 3.22. The Bertz CT molecular complexity index is 752. The third kappa shape index (κ3) is 3.13. The number of fused-ring (bicyclic) bond motifs is 1. The zero-order chi connectivity index (χ0) is 16.6. The predicted molar refractivity (Wildman–Crippen MR) is 89.6 cm³/mol. The molecule has 23 heavy (non-hydrogen) atoms. The number of halogens is 2. The van der Waals surface area contributed by atoms with E-state index < -0.39 is 5.25 Å². The maximum Gasteiger partial charge on any atom is 0.322 e. The molecule has 0 radical (unpaired) electrons. The van der Waals surface area contributed by atoms with Gasteiger partial charge in [-0.3, -0.25) is 4.79 Å². The third-order valence-corrected chi connectivity index (χ3v) is 5.17. The lowest BCUT2D eigenvalue weighted by Gasteiger charge is -2.32. The van der Waals surface area contributed by atoms with Crippen LogP contribution in [0, 0.1) is 6.92 Å². The molecule has 2 unspecified atom stereocenters. The fourth-order valence-corrected chi connectivity index (χ4v) is 3.99. The number of carbonyl (C=O) groups excluding carboxylic acids is 1. The van der Waals surface area contributed by atoms with Gasteiger partial charge in [-0.2, -0.15) is 0 Å². The second-order valence-corrected chi connectivity index (χ2v) is 6.88. The van der Waals surface area contributed by atoms with Crippen LogP contribution in [0.25, 0.3) is 0 Å². The van der Waals surface area contributed by atoms with Crippen molar-refractivity contribution in [3.05, 3.63) is 39.6 Å². The summed E-state index contributed by atoms with van der Waals surface area (Å²) in [5.41, 5.74) is 4.02. The van der Waals surface area contributed by atoms with E-state index in [1.807, 2.05) is 6.92 Å².